The molecule has 0 aliphatic carbocycles. The van der Waals surface area contributed by atoms with Crippen LogP contribution in [0.2, 0.25) is 0 Å². The SMILES string of the molecule is Cc1cccc(-c2c3n(c(=O)[nH]c2=O)CCCC3)c1. The van der Waals surface area contributed by atoms with Crippen molar-refractivity contribution in [2.75, 3.05) is 0 Å². The molecule has 0 fully saturated rings. The van der Waals surface area contributed by atoms with Gasteiger partial charge in [-0.25, -0.2) is 4.79 Å². The zero-order valence-corrected chi connectivity index (χ0v) is 10.9. The first kappa shape index (κ1) is 12.0. The zero-order chi connectivity index (χ0) is 13.4. The molecule has 1 aliphatic heterocycles. The van der Waals surface area contributed by atoms with Gasteiger partial charge in [0.2, 0.25) is 0 Å². The summed E-state index contributed by atoms with van der Waals surface area (Å²) in [6.45, 7) is 2.70. The average molecular weight is 256 g/mol. The summed E-state index contributed by atoms with van der Waals surface area (Å²) in [7, 11) is 0. The number of nitrogens with zero attached hydrogens (tertiary/aromatic N) is 1. The lowest BCUT2D eigenvalue weighted by atomic mass is 9.98. The Labute approximate surface area is 110 Å². The predicted molar refractivity (Wildman–Crippen MR) is 74.4 cm³/mol. The smallest absolute Gasteiger partial charge is 0.297 e. The van der Waals surface area contributed by atoms with Gasteiger partial charge in [-0.15, -0.1) is 0 Å². The van der Waals surface area contributed by atoms with Crippen LogP contribution >= 0.6 is 0 Å². The highest BCUT2D eigenvalue weighted by atomic mass is 16.2. The number of rotatable bonds is 1. The van der Waals surface area contributed by atoms with E-state index in [1.807, 2.05) is 31.2 Å². The molecule has 4 nitrogen and oxygen atoms in total. The number of benzene rings is 1. The van der Waals surface area contributed by atoms with Crippen LogP contribution in [0.5, 0.6) is 0 Å². The molecule has 0 radical (unpaired) electrons. The fraction of sp³-hybridized carbons (Fsp3) is 0.333. The minimum atomic E-state index is -0.281. The summed E-state index contributed by atoms with van der Waals surface area (Å²) in [5, 5.41) is 0. The third-order valence-electron chi connectivity index (χ3n) is 3.66. The van der Waals surface area contributed by atoms with Crippen molar-refractivity contribution in [2.45, 2.75) is 32.7 Å². The van der Waals surface area contributed by atoms with Crippen molar-refractivity contribution in [1.29, 1.82) is 0 Å². The Balaban J connectivity index is 2.32. The van der Waals surface area contributed by atoms with Crippen molar-refractivity contribution in [3.8, 4) is 11.1 Å². The number of fused-ring (bicyclic) bond motifs is 1. The van der Waals surface area contributed by atoms with Gasteiger partial charge in [-0.1, -0.05) is 29.8 Å². The van der Waals surface area contributed by atoms with Gasteiger partial charge in [-0.3, -0.25) is 14.3 Å². The molecular weight excluding hydrogens is 240 g/mol. The van der Waals surface area contributed by atoms with E-state index in [-0.39, 0.29) is 11.2 Å². The molecule has 0 saturated heterocycles. The molecule has 2 heterocycles. The monoisotopic (exact) mass is 256 g/mol. The van der Waals surface area contributed by atoms with Crippen LogP contribution in [0, 0.1) is 6.92 Å². The largest absolute Gasteiger partial charge is 0.328 e. The van der Waals surface area contributed by atoms with E-state index in [2.05, 4.69) is 4.98 Å². The molecule has 0 unspecified atom stereocenters. The standard InChI is InChI=1S/C15H16N2O2/c1-10-5-4-6-11(9-10)13-12-7-2-3-8-17(12)15(19)16-14(13)18/h4-6,9H,2-3,7-8H2,1H3,(H,16,18,19). The number of aryl methyl sites for hydroxylation is 1. The highest BCUT2D eigenvalue weighted by Crippen LogP contribution is 2.23. The van der Waals surface area contributed by atoms with Gasteiger partial charge in [-0.2, -0.15) is 0 Å². The molecule has 1 aliphatic rings. The number of aromatic amines is 1. The molecule has 0 spiro atoms. The topological polar surface area (TPSA) is 54.9 Å². The van der Waals surface area contributed by atoms with Crippen LogP contribution < -0.4 is 11.2 Å². The fourth-order valence-corrected chi connectivity index (χ4v) is 2.77. The number of aromatic nitrogens is 2. The molecule has 1 aromatic carbocycles. The van der Waals surface area contributed by atoms with Crippen molar-refractivity contribution >= 4 is 0 Å². The second-order valence-corrected chi connectivity index (χ2v) is 5.06. The lowest BCUT2D eigenvalue weighted by Gasteiger charge is -2.20. The molecule has 2 aromatic rings. The minimum Gasteiger partial charge on any atom is -0.297 e. The van der Waals surface area contributed by atoms with Crippen LogP contribution in [0.3, 0.4) is 0 Å². The van der Waals surface area contributed by atoms with E-state index in [1.54, 1.807) is 4.57 Å². The van der Waals surface area contributed by atoms with Gasteiger partial charge in [-0.05, 0) is 31.7 Å². The van der Waals surface area contributed by atoms with Crippen LogP contribution in [-0.2, 0) is 13.0 Å². The second kappa shape index (κ2) is 4.53. The van der Waals surface area contributed by atoms with Gasteiger partial charge < -0.3 is 0 Å². The summed E-state index contributed by atoms with van der Waals surface area (Å²) in [6.07, 6.45) is 2.82. The first-order chi connectivity index (χ1) is 9.16. The van der Waals surface area contributed by atoms with E-state index in [4.69, 9.17) is 0 Å². The Morgan fingerprint density at radius 2 is 2.05 bits per heavy atom. The Morgan fingerprint density at radius 3 is 2.84 bits per heavy atom. The first-order valence-electron chi connectivity index (χ1n) is 6.60. The maximum Gasteiger partial charge on any atom is 0.328 e. The van der Waals surface area contributed by atoms with Crippen molar-refractivity contribution in [3.63, 3.8) is 0 Å². The summed E-state index contributed by atoms with van der Waals surface area (Å²) in [5.41, 5.74) is 2.98. The van der Waals surface area contributed by atoms with E-state index >= 15 is 0 Å². The molecule has 98 valence electrons. The van der Waals surface area contributed by atoms with Crippen LogP contribution in [0.15, 0.2) is 33.9 Å². The molecular formula is C15H16N2O2. The average Bonchev–Trinajstić information content (AvgIpc) is 2.39. The van der Waals surface area contributed by atoms with E-state index in [0.717, 1.165) is 36.1 Å². The Bertz CT molecular complexity index is 741. The van der Waals surface area contributed by atoms with Crippen molar-refractivity contribution in [1.82, 2.24) is 9.55 Å². The molecule has 19 heavy (non-hydrogen) atoms. The van der Waals surface area contributed by atoms with Crippen molar-refractivity contribution < 1.29 is 0 Å². The highest BCUT2D eigenvalue weighted by molar-refractivity contribution is 5.65. The van der Waals surface area contributed by atoms with Crippen LogP contribution in [0.1, 0.15) is 24.1 Å². The third-order valence-corrected chi connectivity index (χ3v) is 3.66. The van der Waals surface area contributed by atoms with Gasteiger partial charge in [0.1, 0.15) is 0 Å². The highest BCUT2D eigenvalue weighted by Gasteiger charge is 2.18. The predicted octanol–water partition coefficient (Wildman–Crippen LogP) is 1.85. The van der Waals surface area contributed by atoms with Gasteiger partial charge >= 0.3 is 5.69 Å². The molecule has 1 N–H and O–H groups in total. The lowest BCUT2D eigenvalue weighted by molar-refractivity contribution is 0.503. The van der Waals surface area contributed by atoms with Gasteiger partial charge in [0.15, 0.2) is 0 Å². The summed E-state index contributed by atoms with van der Waals surface area (Å²) in [4.78, 5) is 26.4. The van der Waals surface area contributed by atoms with Gasteiger partial charge in [0.05, 0.1) is 5.56 Å². The van der Waals surface area contributed by atoms with Gasteiger partial charge in [0, 0.05) is 12.2 Å². The minimum absolute atomic E-state index is 0.274. The molecule has 0 atom stereocenters. The molecule has 4 heteroatoms. The number of hydrogen-bond acceptors (Lipinski definition) is 2. The fourth-order valence-electron chi connectivity index (χ4n) is 2.77. The Kier molecular flexibility index (Phi) is 2.85. The van der Waals surface area contributed by atoms with Gasteiger partial charge in [0.25, 0.3) is 5.56 Å². The molecule has 3 rings (SSSR count). The van der Waals surface area contributed by atoms with E-state index in [9.17, 15) is 9.59 Å². The van der Waals surface area contributed by atoms with Crippen LogP contribution in [-0.4, -0.2) is 9.55 Å². The van der Waals surface area contributed by atoms with E-state index < -0.39 is 0 Å². The normalized spacial score (nSPS) is 14.2. The molecule has 1 aromatic heterocycles. The van der Waals surface area contributed by atoms with Crippen molar-refractivity contribution in [2.24, 2.45) is 0 Å². The van der Waals surface area contributed by atoms with E-state index in [0.29, 0.717) is 12.1 Å². The number of hydrogen-bond donors (Lipinski definition) is 1. The summed E-state index contributed by atoms with van der Waals surface area (Å²) < 4.78 is 1.71. The molecule has 0 bridgehead atoms. The van der Waals surface area contributed by atoms with Crippen molar-refractivity contribution in [3.05, 3.63) is 56.4 Å². The number of H-pyrrole nitrogens is 1. The maximum absolute atomic E-state index is 12.2. The Hall–Kier alpha value is -2.10. The van der Waals surface area contributed by atoms with Crippen LogP contribution in [0.25, 0.3) is 11.1 Å². The summed E-state index contributed by atoms with van der Waals surface area (Å²) >= 11 is 0. The van der Waals surface area contributed by atoms with Crippen LogP contribution in [0.4, 0.5) is 0 Å². The maximum atomic E-state index is 12.2. The lowest BCUT2D eigenvalue weighted by Crippen LogP contribution is -2.36. The molecule has 0 amide bonds. The van der Waals surface area contributed by atoms with E-state index in [1.165, 1.54) is 0 Å². The zero-order valence-electron chi connectivity index (χ0n) is 10.9. The number of nitrogens with one attached hydrogen (secondary N) is 1. The molecule has 0 saturated carbocycles. The Morgan fingerprint density at radius 1 is 1.21 bits per heavy atom. The quantitative estimate of drug-likeness (QED) is 0.846. The summed E-state index contributed by atoms with van der Waals surface area (Å²) in [6, 6.07) is 7.86. The second-order valence-electron chi connectivity index (χ2n) is 5.06. The summed E-state index contributed by atoms with van der Waals surface area (Å²) in [5.74, 6) is 0. The first-order valence-corrected chi connectivity index (χ1v) is 6.60. The third kappa shape index (κ3) is 2.03.